The van der Waals surface area contributed by atoms with E-state index in [1.54, 1.807) is 13.3 Å². The molecule has 0 spiro atoms. The van der Waals surface area contributed by atoms with Crippen LogP contribution in [0.1, 0.15) is 12.5 Å². The van der Waals surface area contributed by atoms with Crippen molar-refractivity contribution >= 4 is 45.4 Å². The van der Waals surface area contributed by atoms with E-state index in [0.29, 0.717) is 5.11 Å². The molecule has 1 heterocycles. The predicted octanol–water partition coefficient (Wildman–Crippen LogP) is 3.24. The fraction of sp³-hybridized carbons (Fsp3) is 0.176. The van der Waals surface area contributed by atoms with Crippen LogP contribution in [0.15, 0.2) is 47.6 Å². The third kappa shape index (κ3) is 2.55. The molecule has 0 radical (unpaired) electrons. The zero-order chi connectivity index (χ0) is 15.5. The normalized spacial score (nSPS) is 11.4. The number of benzene rings is 2. The Hall–Kier alpha value is -2.40. The molecule has 0 bridgehead atoms. The number of para-hydroxylation sites is 1. The molecule has 0 saturated heterocycles. The van der Waals surface area contributed by atoms with Gasteiger partial charge in [0, 0.05) is 35.4 Å². The Kier molecular flexibility index (Phi) is 4.06. The molecule has 0 atom stereocenters. The Balaban J connectivity index is 2.06. The van der Waals surface area contributed by atoms with Gasteiger partial charge in [-0.15, -0.1) is 0 Å². The van der Waals surface area contributed by atoms with Crippen molar-refractivity contribution in [2.75, 3.05) is 7.05 Å². The van der Waals surface area contributed by atoms with Crippen LogP contribution >= 0.6 is 12.2 Å². The highest BCUT2D eigenvalue weighted by molar-refractivity contribution is 7.80. The minimum absolute atomic E-state index is 0.500. The van der Waals surface area contributed by atoms with Crippen molar-refractivity contribution in [2.45, 2.75) is 13.5 Å². The number of thiocarbonyl (C=S) groups is 1. The Bertz CT molecular complexity index is 864. The summed E-state index contributed by atoms with van der Waals surface area (Å²) in [5.41, 5.74) is 6.32. The topological polar surface area (TPSA) is 41.4 Å². The van der Waals surface area contributed by atoms with Crippen LogP contribution in [0, 0.1) is 0 Å². The van der Waals surface area contributed by atoms with E-state index in [0.717, 1.165) is 12.1 Å². The number of aryl methyl sites for hydroxylation is 1. The van der Waals surface area contributed by atoms with Gasteiger partial charge < -0.3 is 9.88 Å². The molecule has 0 unspecified atom stereocenters. The van der Waals surface area contributed by atoms with Crippen LogP contribution in [-0.2, 0) is 6.54 Å². The Morgan fingerprint density at radius 2 is 1.95 bits per heavy atom. The van der Waals surface area contributed by atoms with Crippen molar-refractivity contribution in [2.24, 2.45) is 5.10 Å². The number of hydrazone groups is 1. The summed E-state index contributed by atoms with van der Waals surface area (Å²) in [7, 11) is 1.76. The summed E-state index contributed by atoms with van der Waals surface area (Å²) in [6.45, 7) is 3.12. The van der Waals surface area contributed by atoms with Crippen molar-refractivity contribution in [3.63, 3.8) is 0 Å². The second kappa shape index (κ2) is 6.15. The zero-order valence-electron chi connectivity index (χ0n) is 12.6. The van der Waals surface area contributed by atoms with Crippen LogP contribution in [0.3, 0.4) is 0 Å². The quantitative estimate of drug-likeness (QED) is 0.443. The van der Waals surface area contributed by atoms with Gasteiger partial charge >= 0.3 is 0 Å². The molecule has 0 aliphatic carbocycles. The summed E-state index contributed by atoms with van der Waals surface area (Å²) in [6.07, 6.45) is 1.78. The average molecular weight is 310 g/mol. The van der Waals surface area contributed by atoms with Gasteiger partial charge in [0.15, 0.2) is 5.11 Å². The number of rotatable bonds is 3. The SMILES string of the molecule is CCn1c2ccccc2c2cc(C=NNC(=S)NC)ccc21. The van der Waals surface area contributed by atoms with Crippen LogP contribution < -0.4 is 10.7 Å². The molecule has 0 aliphatic rings. The van der Waals surface area contributed by atoms with E-state index in [1.165, 1.54) is 21.8 Å². The fourth-order valence-corrected chi connectivity index (χ4v) is 2.77. The maximum atomic E-state index is 4.99. The molecule has 4 nitrogen and oxygen atoms in total. The second-order valence-corrected chi connectivity index (χ2v) is 5.40. The van der Waals surface area contributed by atoms with Crippen LogP contribution in [0.4, 0.5) is 0 Å². The summed E-state index contributed by atoms with van der Waals surface area (Å²) >= 11 is 4.99. The van der Waals surface area contributed by atoms with Crippen molar-refractivity contribution in [1.29, 1.82) is 0 Å². The summed E-state index contributed by atoms with van der Waals surface area (Å²) in [5, 5.41) is 9.98. The number of hydrogen-bond donors (Lipinski definition) is 2. The minimum Gasteiger partial charge on any atom is -0.364 e. The smallest absolute Gasteiger partial charge is 0.186 e. The van der Waals surface area contributed by atoms with Crippen molar-refractivity contribution in [1.82, 2.24) is 15.3 Å². The molecule has 0 fully saturated rings. The lowest BCUT2D eigenvalue weighted by Gasteiger charge is -2.03. The Morgan fingerprint density at radius 3 is 2.73 bits per heavy atom. The van der Waals surface area contributed by atoms with Crippen LogP contribution in [0.5, 0.6) is 0 Å². The van der Waals surface area contributed by atoms with E-state index in [1.807, 2.05) is 0 Å². The Labute approximate surface area is 134 Å². The van der Waals surface area contributed by atoms with Crippen LogP contribution in [-0.4, -0.2) is 22.9 Å². The van der Waals surface area contributed by atoms with Crippen molar-refractivity contribution < 1.29 is 0 Å². The molecule has 3 rings (SSSR count). The van der Waals surface area contributed by atoms with Gasteiger partial charge in [0.05, 0.1) is 6.21 Å². The first-order chi connectivity index (χ1) is 10.7. The van der Waals surface area contributed by atoms with E-state index in [9.17, 15) is 0 Å². The third-order valence-corrected chi connectivity index (χ3v) is 4.01. The molecule has 0 amide bonds. The number of aromatic nitrogens is 1. The zero-order valence-corrected chi connectivity index (χ0v) is 13.4. The highest BCUT2D eigenvalue weighted by atomic mass is 32.1. The van der Waals surface area contributed by atoms with Gasteiger partial charge in [-0.05, 0) is 42.9 Å². The lowest BCUT2D eigenvalue weighted by molar-refractivity contribution is 0.827. The van der Waals surface area contributed by atoms with Gasteiger partial charge in [-0.3, -0.25) is 5.43 Å². The molecular formula is C17H18N4S. The van der Waals surface area contributed by atoms with E-state index >= 15 is 0 Å². The largest absolute Gasteiger partial charge is 0.364 e. The number of nitrogens with one attached hydrogen (secondary N) is 2. The summed E-state index contributed by atoms with van der Waals surface area (Å²) in [4.78, 5) is 0. The molecule has 2 N–H and O–H groups in total. The maximum absolute atomic E-state index is 4.99. The maximum Gasteiger partial charge on any atom is 0.186 e. The summed E-state index contributed by atoms with van der Waals surface area (Å²) in [6, 6.07) is 14.9. The molecule has 5 heteroatoms. The van der Waals surface area contributed by atoms with Crippen LogP contribution in [0.25, 0.3) is 21.8 Å². The molecule has 2 aromatic carbocycles. The van der Waals surface area contributed by atoms with Gasteiger partial charge in [0.1, 0.15) is 0 Å². The van der Waals surface area contributed by atoms with E-state index < -0.39 is 0 Å². The first kappa shape index (κ1) is 14.5. The highest BCUT2D eigenvalue weighted by Crippen LogP contribution is 2.29. The van der Waals surface area contributed by atoms with Gasteiger partial charge in [-0.1, -0.05) is 24.3 Å². The fourth-order valence-electron chi connectivity index (χ4n) is 2.71. The summed E-state index contributed by atoms with van der Waals surface area (Å²) in [5.74, 6) is 0. The number of fused-ring (bicyclic) bond motifs is 3. The van der Waals surface area contributed by atoms with Gasteiger partial charge in [0.2, 0.25) is 0 Å². The Morgan fingerprint density at radius 1 is 1.18 bits per heavy atom. The molecule has 22 heavy (non-hydrogen) atoms. The molecular weight excluding hydrogens is 292 g/mol. The minimum atomic E-state index is 0.500. The van der Waals surface area contributed by atoms with E-state index in [-0.39, 0.29) is 0 Å². The highest BCUT2D eigenvalue weighted by Gasteiger charge is 2.08. The van der Waals surface area contributed by atoms with Crippen LogP contribution in [0.2, 0.25) is 0 Å². The van der Waals surface area contributed by atoms with Gasteiger partial charge in [-0.25, -0.2) is 0 Å². The monoisotopic (exact) mass is 310 g/mol. The first-order valence-electron chi connectivity index (χ1n) is 7.26. The standard InChI is InChI=1S/C17H18N4S/c1-3-21-15-7-5-4-6-13(15)14-10-12(8-9-16(14)21)11-19-20-17(22)18-2/h4-11H,3H2,1-2H3,(H2,18,20,22). The summed E-state index contributed by atoms with van der Waals surface area (Å²) < 4.78 is 2.33. The van der Waals surface area contributed by atoms with E-state index in [4.69, 9.17) is 12.2 Å². The molecule has 1 aromatic heterocycles. The van der Waals surface area contributed by atoms with Crippen molar-refractivity contribution in [3.8, 4) is 0 Å². The average Bonchev–Trinajstić information content (AvgIpc) is 2.88. The second-order valence-electron chi connectivity index (χ2n) is 4.99. The molecule has 3 aromatic rings. The van der Waals surface area contributed by atoms with Gasteiger partial charge in [0.25, 0.3) is 0 Å². The number of hydrogen-bond acceptors (Lipinski definition) is 2. The predicted molar refractivity (Wildman–Crippen MR) is 97.5 cm³/mol. The molecule has 112 valence electrons. The van der Waals surface area contributed by atoms with Crippen molar-refractivity contribution in [3.05, 3.63) is 48.0 Å². The lowest BCUT2D eigenvalue weighted by atomic mass is 10.1. The third-order valence-electron chi connectivity index (χ3n) is 3.72. The molecule has 0 saturated carbocycles. The van der Waals surface area contributed by atoms with Gasteiger partial charge in [-0.2, -0.15) is 5.10 Å². The number of nitrogens with zero attached hydrogens (tertiary/aromatic N) is 2. The lowest BCUT2D eigenvalue weighted by Crippen LogP contribution is -2.28. The first-order valence-corrected chi connectivity index (χ1v) is 7.67. The van der Waals surface area contributed by atoms with E-state index in [2.05, 4.69) is 69.8 Å². The molecule has 0 aliphatic heterocycles.